The van der Waals surface area contributed by atoms with E-state index in [1.54, 1.807) is 0 Å². The maximum absolute atomic E-state index is 8.63. The second-order valence-corrected chi connectivity index (χ2v) is 2.14. The second kappa shape index (κ2) is 6.41. The van der Waals surface area contributed by atoms with E-state index in [-0.39, 0.29) is 6.61 Å². The monoisotopic (exact) mass is 186 g/mol. The van der Waals surface area contributed by atoms with Crippen LogP contribution in [-0.2, 0) is 18.4 Å². The summed E-state index contributed by atoms with van der Waals surface area (Å²) in [5.74, 6) is 0. The molecular formula is C8H11OPS. The van der Waals surface area contributed by atoms with Gasteiger partial charge in [0.25, 0.3) is 0 Å². The van der Waals surface area contributed by atoms with Gasteiger partial charge >= 0.3 is 0 Å². The van der Waals surface area contributed by atoms with Crippen molar-refractivity contribution in [2.24, 2.45) is 0 Å². The molecular weight excluding hydrogens is 175 g/mol. The molecule has 0 saturated carbocycles. The standard InChI is InChI=1S/C8H10O.HPS/c1-7-2-4-8(6-9)5-3-7;1-2/h2-5,9H,6H2,1H3;1H. The van der Waals surface area contributed by atoms with Crippen molar-refractivity contribution in [2.45, 2.75) is 13.5 Å². The van der Waals surface area contributed by atoms with Crippen molar-refractivity contribution in [3.8, 4) is 0 Å². The van der Waals surface area contributed by atoms with E-state index in [1.807, 2.05) is 31.2 Å². The summed E-state index contributed by atoms with van der Waals surface area (Å²) in [4.78, 5) is 0. The van der Waals surface area contributed by atoms with Gasteiger partial charge in [-0.3, -0.25) is 0 Å². The van der Waals surface area contributed by atoms with Crippen molar-refractivity contribution in [3.05, 3.63) is 35.4 Å². The van der Waals surface area contributed by atoms with Gasteiger partial charge in [-0.15, -0.1) is 0 Å². The van der Waals surface area contributed by atoms with Crippen LogP contribution in [0.3, 0.4) is 0 Å². The molecule has 0 aliphatic carbocycles. The van der Waals surface area contributed by atoms with Crippen molar-refractivity contribution in [2.75, 3.05) is 0 Å². The molecule has 0 unspecified atom stereocenters. The first-order valence-electron chi connectivity index (χ1n) is 3.20. The molecule has 1 N–H and O–H groups in total. The van der Waals surface area contributed by atoms with Crippen LogP contribution in [0.5, 0.6) is 0 Å². The van der Waals surface area contributed by atoms with Gasteiger partial charge in [0.15, 0.2) is 0 Å². The first-order chi connectivity index (χ1) is 5.33. The van der Waals surface area contributed by atoms with Crippen molar-refractivity contribution in [3.63, 3.8) is 0 Å². The number of aliphatic hydroxyl groups is 1. The molecule has 1 aromatic rings. The van der Waals surface area contributed by atoms with Gasteiger partial charge in [0.05, 0.1) is 6.61 Å². The van der Waals surface area contributed by atoms with Crippen LogP contribution in [0.2, 0.25) is 0 Å². The lowest BCUT2D eigenvalue weighted by molar-refractivity contribution is 0.282. The summed E-state index contributed by atoms with van der Waals surface area (Å²) >= 11 is 3.89. The van der Waals surface area contributed by atoms with E-state index in [0.717, 1.165) is 5.56 Å². The zero-order valence-electron chi connectivity index (χ0n) is 6.37. The third-order valence-corrected chi connectivity index (χ3v) is 1.30. The Balaban J connectivity index is 0.000000461. The predicted octanol–water partition coefficient (Wildman–Crippen LogP) is 2.08. The van der Waals surface area contributed by atoms with E-state index < -0.39 is 0 Å². The molecule has 0 saturated heterocycles. The molecule has 0 bridgehead atoms. The van der Waals surface area contributed by atoms with Crippen LogP contribution in [0.25, 0.3) is 0 Å². The summed E-state index contributed by atoms with van der Waals surface area (Å²) < 4.78 is 0. The summed E-state index contributed by atoms with van der Waals surface area (Å²) in [6.45, 7) is 2.17. The summed E-state index contributed by atoms with van der Waals surface area (Å²) in [7, 11) is 2.56. The second-order valence-electron chi connectivity index (χ2n) is 2.14. The van der Waals surface area contributed by atoms with Crippen LogP contribution < -0.4 is 0 Å². The number of hydrogen-bond acceptors (Lipinski definition) is 2. The average Bonchev–Trinajstić information content (AvgIpc) is 2.10. The molecule has 1 rings (SSSR count). The SMILES string of the molecule is Cc1ccc(CO)cc1.P=S. The van der Waals surface area contributed by atoms with Gasteiger partial charge in [-0.05, 0) is 20.5 Å². The Morgan fingerprint density at radius 3 is 2.09 bits per heavy atom. The molecule has 0 spiro atoms. The minimum atomic E-state index is 0.139. The number of hydrogen-bond donors (Lipinski definition) is 1. The Hall–Kier alpha value is -0.300. The lowest BCUT2D eigenvalue weighted by Gasteiger charge is -1.93. The molecule has 60 valence electrons. The molecule has 0 atom stereocenters. The minimum Gasteiger partial charge on any atom is -0.392 e. The van der Waals surface area contributed by atoms with Crippen molar-refractivity contribution < 1.29 is 5.11 Å². The summed E-state index contributed by atoms with van der Waals surface area (Å²) in [6, 6.07) is 7.84. The fourth-order valence-corrected chi connectivity index (χ4v) is 0.693. The predicted molar refractivity (Wildman–Crippen MR) is 52.8 cm³/mol. The molecule has 1 aromatic carbocycles. The van der Waals surface area contributed by atoms with E-state index in [1.165, 1.54) is 5.56 Å². The van der Waals surface area contributed by atoms with Crippen LogP contribution >= 0.6 is 8.02 Å². The molecule has 0 amide bonds. The number of aryl methyl sites for hydroxylation is 1. The third-order valence-electron chi connectivity index (χ3n) is 1.30. The van der Waals surface area contributed by atoms with Gasteiger partial charge in [0, 0.05) is 0 Å². The normalized spacial score (nSPS) is 8.18. The Morgan fingerprint density at radius 2 is 1.73 bits per heavy atom. The van der Waals surface area contributed by atoms with Gasteiger partial charge in [-0.1, -0.05) is 41.6 Å². The first kappa shape index (κ1) is 10.7. The molecule has 0 fully saturated rings. The highest BCUT2D eigenvalue weighted by Crippen LogP contribution is 2.01. The molecule has 0 radical (unpaired) electrons. The van der Waals surface area contributed by atoms with Crippen LogP contribution in [0.4, 0.5) is 0 Å². The zero-order chi connectivity index (χ0) is 8.69. The van der Waals surface area contributed by atoms with E-state index >= 15 is 0 Å². The van der Waals surface area contributed by atoms with E-state index in [4.69, 9.17) is 5.11 Å². The highest BCUT2D eigenvalue weighted by atomic mass is 32.4. The average molecular weight is 186 g/mol. The third kappa shape index (κ3) is 4.20. The van der Waals surface area contributed by atoms with Crippen molar-refractivity contribution in [1.29, 1.82) is 0 Å². The molecule has 11 heavy (non-hydrogen) atoms. The van der Waals surface area contributed by atoms with Crippen molar-refractivity contribution >= 4 is 19.8 Å². The maximum Gasteiger partial charge on any atom is 0.0681 e. The number of rotatable bonds is 1. The smallest absolute Gasteiger partial charge is 0.0681 e. The zero-order valence-corrected chi connectivity index (χ0v) is 8.19. The molecule has 1 nitrogen and oxygen atoms in total. The molecule has 0 heterocycles. The van der Waals surface area contributed by atoms with Gasteiger partial charge in [0.2, 0.25) is 0 Å². The minimum absolute atomic E-state index is 0.139. The fraction of sp³-hybridized carbons (Fsp3) is 0.250. The molecule has 0 aromatic heterocycles. The first-order valence-corrected chi connectivity index (χ1v) is 4.83. The Labute approximate surface area is 74.3 Å². The number of benzene rings is 1. The van der Waals surface area contributed by atoms with E-state index in [9.17, 15) is 0 Å². The van der Waals surface area contributed by atoms with Crippen LogP contribution in [-0.4, -0.2) is 5.11 Å². The maximum atomic E-state index is 8.63. The van der Waals surface area contributed by atoms with E-state index in [0.29, 0.717) is 0 Å². The summed E-state index contributed by atoms with van der Waals surface area (Å²) in [5, 5.41) is 8.63. The Morgan fingerprint density at radius 1 is 1.27 bits per heavy atom. The fourth-order valence-electron chi connectivity index (χ4n) is 0.693. The van der Waals surface area contributed by atoms with Crippen LogP contribution in [0, 0.1) is 6.92 Å². The van der Waals surface area contributed by atoms with Gasteiger partial charge in [-0.2, -0.15) is 0 Å². The number of aliphatic hydroxyl groups excluding tert-OH is 1. The lowest BCUT2D eigenvalue weighted by Crippen LogP contribution is -1.80. The van der Waals surface area contributed by atoms with Crippen molar-refractivity contribution in [1.82, 2.24) is 0 Å². The Kier molecular flexibility index (Phi) is 6.24. The van der Waals surface area contributed by atoms with Crippen LogP contribution in [0.15, 0.2) is 24.3 Å². The summed E-state index contributed by atoms with van der Waals surface area (Å²) in [6.07, 6.45) is 0. The quantitative estimate of drug-likeness (QED) is 0.677. The highest BCUT2D eigenvalue weighted by molar-refractivity contribution is 7.88. The lowest BCUT2D eigenvalue weighted by atomic mass is 10.2. The van der Waals surface area contributed by atoms with Gasteiger partial charge in [-0.25, -0.2) is 0 Å². The van der Waals surface area contributed by atoms with Crippen LogP contribution in [0.1, 0.15) is 11.1 Å². The molecule has 0 aliphatic heterocycles. The van der Waals surface area contributed by atoms with Gasteiger partial charge < -0.3 is 5.11 Å². The molecule has 3 heteroatoms. The molecule has 0 aliphatic rings. The largest absolute Gasteiger partial charge is 0.392 e. The van der Waals surface area contributed by atoms with Gasteiger partial charge in [0.1, 0.15) is 0 Å². The summed E-state index contributed by atoms with van der Waals surface area (Å²) in [5.41, 5.74) is 2.20. The topological polar surface area (TPSA) is 20.2 Å². The highest BCUT2D eigenvalue weighted by Gasteiger charge is 1.85. The Bertz CT molecular complexity index is 198. The van der Waals surface area contributed by atoms with E-state index in [2.05, 4.69) is 19.8 Å².